The van der Waals surface area contributed by atoms with Crippen LogP contribution < -0.4 is 5.32 Å². The predicted molar refractivity (Wildman–Crippen MR) is 352 cm³/mol. The van der Waals surface area contributed by atoms with E-state index in [0.29, 0.717) is 19.4 Å². The summed E-state index contributed by atoms with van der Waals surface area (Å²) in [7, 11) is 0. The number of aliphatic hydroxyl groups excluding tert-OH is 5. The normalized spacial score (nSPS) is 18.5. The van der Waals surface area contributed by atoms with Crippen LogP contribution in [0.15, 0.2) is 72.9 Å². The molecule has 0 aromatic heterocycles. The molecule has 1 aliphatic rings. The van der Waals surface area contributed by atoms with Gasteiger partial charge in [-0.15, -0.1) is 0 Å². The molecule has 0 spiro atoms. The molecule has 11 heteroatoms. The molecular weight excluding hydrogens is 1050 g/mol. The van der Waals surface area contributed by atoms with E-state index in [9.17, 15) is 35.1 Å². The van der Waals surface area contributed by atoms with Gasteiger partial charge in [-0.25, -0.2) is 0 Å². The minimum Gasteiger partial charge on any atom is -0.466 e. The van der Waals surface area contributed by atoms with Gasteiger partial charge in [-0.05, 0) is 103 Å². The van der Waals surface area contributed by atoms with Gasteiger partial charge in [0.1, 0.15) is 24.4 Å². The fraction of sp³-hybridized carbons (Fsp3) is 0.808. The number of ether oxygens (including phenoxy) is 3. The van der Waals surface area contributed by atoms with Crippen LogP contribution in [0.25, 0.3) is 0 Å². The zero-order valence-corrected chi connectivity index (χ0v) is 54.1. The first kappa shape index (κ1) is 79.1. The molecule has 1 saturated heterocycles. The first-order valence-corrected chi connectivity index (χ1v) is 35.2. The predicted octanol–water partition coefficient (Wildman–Crippen LogP) is 17.9. The molecule has 11 nitrogen and oxygen atoms in total. The lowest BCUT2D eigenvalue weighted by Crippen LogP contribution is -2.60. The van der Waals surface area contributed by atoms with Gasteiger partial charge in [-0.3, -0.25) is 9.59 Å². The van der Waals surface area contributed by atoms with Gasteiger partial charge in [0.2, 0.25) is 5.91 Å². The number of allylic oxidation sites excluding steroid dienone is 11. The number of carbonyl (C=O) groups is 2. The number of hydrogen-bond acceptors (Lipinski definition) is 10. The minimum absolute atomic E-state index is 0.00931. The van der Waals surface area contributed by atoms with E-state index in [2.05, 4.69) is 79.9 Å². The second kappa shape index (κ2) is 61.7. The van der Waals surface area contributed by atoms with E-state index < -0.39 is 49.5 Å². The Morgan fingerprint density at radius 3 is 1.30 bits per heavy atom. The van der Waals surface area contributed by atoms with Crippen molar-refractivity contribution < 1.29 is 49.3 Å². The lowest BCUT2D eigenvalue weighted by atomic mass is 9.99. The average molecular weight is 1180 g/mol. The maximum Gasteiger partial charge on any atom is 0.305 e. The summed E-state index contributed by atoms with van der Waals surface area (Å²) in [6.45, 7) is 4.23. The Morgan fingerprint density at radius 2 is 0.833 bits per heavy atom. The molecular formula is C73H131NO10. The molecule has 1 heterocycles. The highest BCUT2D eigenvalue weighted by Crippen LogP contribution is 2.23. The van der Waals surface area contributed by atoms with E-state index in [0.717, 1.165) is 70.6 Å². The van der Waals surface area contributed by atoms with Gasteiger partial charge in [0.05, 0.1) is 32.0 Å². The number of aliphatic hydroxyl groups is 5. The van der Waals surface area contributed by atoms with Crippen molar-refractivity contribution >= 4 is 11.9 Å². The van der Waals surface area contributed by atoms with Crippen LogP contribution in [0.2, 0.25) is 0 Å². The zero-order valence-electron chi connectivity index (χ0n) is 54.1. The summed E-state index contributed by atoms with van der Waals surface area (Å²) in [6.07, 6.45) is 73.4. The molecule has 0 radical (unpaired) electrons. The van der Waals surface area contributed by atoms with E-state index in [1.165, 1.54) is 218 Å². The van der Waals surface area contributed by atoms with E-state index >= 15 is 0 Å². The molecule has 0 saturated carbocycles. The van der Waals surface area contributed by atoms with Gasteiger partial charge < -0.3 is 45.1 Å². The van der Waals surface area contributed by atoms with Gasteiger partial charge >= 0.3 is 5.97 Å². The van der Waals surface area contributed by atoms with Crippen LogP contribution in [0.4, 0.5) is 0 Å². The zero-order chi connectivity index (χ0) is 60.9. The Bertz CT molecular complexity index is 1630. The number of unbranched alkanes of at least 4 members (excludes halogenated alkanes) is 37. The maximum atomic E-state index is 13.0. The van der Waals surface area contributed by atoms with Crippen molar-refractivity contribution in [3.05, 3.63) is 72.9 Å². The molecule has 0 aromatic carbocycles. The largest absolute Gasteiger partial charge is 0.466 e. The quantitative estimate of drug-likeness (QED) is 0.0195. The summed E-state index contributed by atoms with van der Waals surface area (Å²) in [5.74, 6) is -0.201. The highest BCUT2D eigenvalue weighted by atomic mass is 16.7. The Labute approximate surface area is 515 Å². The van der Waals surface area contributed by atoms with Crippen LogP contribution in [0.5, 0.6) is 0 Å². The Kier molecular flexibility index (Phi) is 58.1. The van der Waals surface area contributed by atoms with E-state index in [4.69, 9.17) is 14.2 Å². The number of rotatable bonds is 61. The van der Waals surface area contributed by atoms with Crippen LogP contribution in [-0.2, 0) is 23.8 Å². The molecule has 7 atom stereocenters. The fourth-order valence-corrected chi connectivity index (χ4v) is 10.7. The van der Waals surface area contributed by atoms with Crippen LogP contribution >= 0.6 is 0 Å². The summed E-state index contributed by atoms with van der Waals surface area (Å²) in [5.41, 5.74) is 0. The molecule has 6 N–H and O–H groups in total. The number of hydrogen-bond donors (Lipinski definition) is 6. The summed E-state index contributed by atoms with van der Waals surface area (Å²) in [6, 6.07) is -0.826. The third-order valence-electron chi connectivity index (χ3n) is 16.2. The Balaban J connectivity index is 1.94. The van der Waals surface area contributed by atoms with E-state index in [1.54, 1.807) is 6.08 Å². The molecule has 1 fully saturated rings. The van der Waals surface area contributed by atoms with Crippen LogP contribution in [0, 0.1) is 0 Å². The summed E-state index contributed by atoms with van der Waals surface area (Å²) in [4.78, 5) is 25.1. The van der Waals surface area contributed by atoms with Gasteiger partial charge in [0, 0.05) is 12.8 Å². The van der Waals surface area contributed by atoms with Gasteiger partial charge in [0.25, 0.3) is 0 Å². The molecule has 0 bridgehead atoms. The third kappa shape index (κ3) is 50.1. The van der Waals surface area contributed by atoms with E-state index in [1.807, 2.05) is 6.08 Å². The van der Waals surface area contributed by atoms with E-state index in [-0.39, 0.29) is 18.5 Å². The van der Waals surface area contributed by atoms with Crippen molar-refractivity contribution in [1.29, 1.82) is 0 Å². The first-order valence-electron chi connectivity index (χ1n) is 35.2. The van der Waals surface area contributed by atoms with Crippen molar-refractivity contribution in [3.8, 4) is 0 Å². The Morgan fingerprint density at radius 1 is 0.440 bits per heavy atom. The molecule has 1 aliphatic heterocycles. The highest BCUT2D eigenvalue weighted by Gasteiger charge is 2.44. The lowest BCUT2D eigenvalue weighted by molar-refractivity contribution is -0.302. The van der Waals surface area contributed by atoms with Crippen molar-refractivity contribution in [3.63, 3.8) is 0 Å². The summed E-state index contributed by atoms with van der Waals surface area (Å²) in [5, 5.41) is 54.3. The lowest BCUT2D eigenvalue weighted by Gasteiger charge is -2.40. The van der Waals surface area contributed by atoms with Crippen molar-refractivity contribution in [2.24, 2.45) is 0 Å². The van der Waals surface area contributed by atoms with Crippen LogP contribution in [0.1, 0.15) is 316 Å². The molecule has 0 aliphatic carbocycles. The molecule has 488 valence electrons. The molecule has 1 rings (SSSR count). The molecule has 0 aromatic rings. The summed E-state index contributed by atoms with van der Waals surface area (Å²) >= 11 is 0. The number of esters is 1. The second-order valence-electron chi connectivity index (χ2n) is 24.2. The SMILES string of the molecule is CCC/C=C\C/C=C\CCCCCCCC(=O)OCCCCCCCCCCC/C=C\C/C=C\CCCCCCCCCCCCCCCCCCCC(=O)NC(COC1OC(CO)C(O)C(O)C1O)C(O)/C=C/CC/C=C/CCCCCC. The maximum absolute atomic E-state index is 13.0. The number of carbonyl (C=O) groups excluding carboxylic acids is 2. The van der Waals surface area contributed by atoms with Crippen molar-refractivity contribution in [1.82, 2.24) is 5.32 Å². The van der Waals surface area contributed by atoms with Crippen molar-refractivity contribution in [2.75, 3.05) is 19.8 Å². The van der Waals surface area contributed by atoms with Gasteiger partial charge in [0.15, 0.2) is 6.29 Å². The molecule has 7 unspecified atom stereocenters. The topological polar surface area (TPSA) is 175 Å². The second-order valence-corrected chi connectivity index (χ2v) is 24.2. The first-order chi connectivity index (χ1) is 41.2. The molecule has 84 heavy (non-hydrogen) atoms. The van der Waals surface area contributed by atoms with Gasteiger partial charge in [-0.1, -0.05) is 273 Å². The average Bonchev–Trinajstić information content (AvgIpc) is 3.42. The van der Waals surface area contributed by atoms with Crippen molar-refractivity contribution in [2.45, 2.75) is 358 Å². The standard InChI is InChI=1S/C73H131NO10/c1-3-5-7-9-11-13-15-37-41-45-49-53-57-61-69(78)82-62-58-54-50-46-42-39-36-34-32-30-28-26-24-22-20-18-16-17-19-21-23-25-27-29-31-33-35-38-40-44-48-52-56-60-68(77)74-65(64-83-73-72(81)71(80)70(79)67(63-75)84-73)66(76)59-55-51-47-43-14-12-10-8-6-4-2/h7,9,13-15,20,22,26,28,43,55,59,65-67,70-73,75-76,79-81H,3-6,8,10-12,16-19,21,23-25,27,29-42,44-54,56-58,60-64H2,1-2H3,(H,74,77)/b9-7-,15-13-,22-20-,28-26-,43-14+,59-55+. The monoisotopic (exact) mass is 1180 g/mol. The van der Waals surface area contributed by atoms with Crippen LogP contribution in [-0.4, -0.2) is 100 Å². The number of amides is 1. The smallest absolute Gasteiger partial charge is 0.305 e. The highest BCUT2D eigenvalue weighted by molar-refractivity contribution is 5.76. The fourth-order valence-electron chi connectivity index (χ4n) is 10.7. The number of nitrogens with one attached hydrogen (secondary N) is 1. The van der Waals surface area contributed by atoms with Crippen LogP contribution in [0.3, 0.4) is 0 Å². The molecule has 1 amide bonds. The summed E-state index contributed by atoms with van der Waals surface area (Å²) < 4.78 is 16.7. The third-order valence-corrected chi connectivity index (χ3v) is 16.2. The van der Waals surface area contributed by atoms with Gasteiger partial charge in [-0.2, -0.15) is 0 Å². The minimum atomic E-state index is -1.58. The Hall–Kier alpha value is -2.90.